The number of rotatable bonds is 2. The normalized spacial score (nSPS) is 30.8. The molecule has 1 amide bonds. The molecule has 2 saturated carbocycles. The molecule has 14 heavy (non-hydrogen) atoms. The van der Waals surface area contributed by atoms with E-state index >= 15 is 0 Å². The van der Waals surface area contributed by atoms with Crippen molar-refractivity contribution in [1.82, 2.24) is 4.90 Å². The lowest BCUT2D eigenvalue weighted by Crippen LogP contribution is -2.38. The van der Waals surface area contributed by atoms with Gasteiger partial charge in [-0.1, -0.05) is 0 Å². The molecule has 3 fully saturated rings. The summed E-state index contributed by atoms with van der Waals surface area (Å²) in [7, 11) is 0. The smallest absolute Gasteiger partial charge is 0.251 e. The van der Waals surface area contributed by atoms with Crippen molar-refractivity contribution >= 4 is 5.91 Å². The Labute approximate surface area is 84.1 Å². The van der Waals surface area contributed by atoms with Crippen LogP contribution in [0, 0.1) is 11.3 Å². The highest BCUT2D eigenvalue weighted by Gasteiger charge is 2.50. The molecule has 1 atom stereocenters. The van der Waals surface area contributed by atoms with Gasteiger partial charge in [0, 0.05) is 13.1 Å². The van der Waals surface area contributed by atoms with Crippen molar-refractivity contribution in [1.29, 1.82) is 0 Å². The molecular weight excluding hydrogens is 178 g/mol. The average molecular weight is 195 g/mol. The van der Waals surface area contributed by atoms with Crippen LogP contribution in [0.1, 0.15) is 32.1 Å². The zero-order valence-corrected chi connectivity index (χ0v) is 8.41. The predicted molar refractivity (Wildman–Crippen MR) is 51.6 cm³/mol. The van der Waals surface area contributed by atoms with Crippen LogP contribution in [0.3, 0.4) is 0 Å². The summed E-state index contributed by atoms with van der Waals surface area (Å²) in [5, 5.41) is 9.72. The van der Waals surface area contributed by atoms with Gasteiger partial charge in [0.25, 0.3) is 5.91 Å². The zero-order chi connectivity index (χ0) is 9.76. The van der Waals surface area contributed by atoms with Crippen LogP contribution in [-0.2, 0) is 4.79 Å². The highest BCUT2D eigenvalue weighted by atomic mass is 16.3. The summed E-state index contributed by atoms with van der Waals surface area (Å²) < 4.78 is 0. The van der Waals surface area contributed by atoms with E-state index in [2.05, 4.69) is 0 Å². The van der Waals surface area contributed by atoms with Crippen LogP contribution in [0.15, 0.2) is 0 Å². The van der Waals surface area contributed by atoms with Crippen molar-refractivity contribution < 1.29 is 9.90 Å². The van der Waals surface area contributed by atoms with Gasteiger partial charge in [0.15, 0.2) is 0 Å². The Morgan fingerprint density at radius 2 is 2.07 bits per heavy atom. The Bertz CT molecular complexity index is 268. The lowest BCUT2D eigenvalue weighted by molar-refractivity contribution is -0.140. The van der Waals surface area contributed by atoms with E-state index in [0.29, 0.717) is 5.41 Å². The minimum absolute atomic E-state index is 0.00345. The molecule has 0 aromatic heterocycles. The quantitative estimate of drug-likeness (QED) is 0.707. The second kappa shape index (κ2) is 2.72. The molecule has 1 spiro atoms. The van der Waals surface area contributed by atoms with Gasteiger partial charge in [0.05, 0.1) is 0 Å². The van der Waals surface area contributed by atoms with E-state index in [1.165, 1.54) is 12.8 Å². The molecule has 1 aliphatic heterocycles. The molecule has 3 heteroatoms. The maximum absolute atomic E-state index is 11.8. The first-order chi connectivity index (χ1) is 6.70. The van der Waals surface area contributed by atoms with Gasteiger partial charge in [0.1, 0.15) is 6.10 Å². The molecule has 0 radical (unpaired) electrons. The van der Waals surface area contributed by atoms with Gasteiger partial charge in [-0.15, -0.1) is 0 Å². The number of carbonyl (C=O) groups is 1. The Morgan fingerprint density at radius 3 is 2.57 bits per heavy atom. The topological polar surface area (TPSA) is 40.5 Å². The first kappa shape index (κ1) is 8.72. The van der Waals surface area contributed by atoms with E-state index in [1.54, 1.807) is 0 Å². The molecule has 0 unspecified atom stereocenters. The van der Waals surface area contributed by atoms with Crippen LogP contribution in [0.5, 0.6) is 0 Å². The summed E-state index contributed by atoms with van der Waals surface area (Å²) in [6.07, 6.45) is 5.12. The monoisotopic (exact) mass is 195 g/mol. The number of hydrogen-bond acceptors (Lipinski definition) is 2. The van der Waals surface area contributed by atoms with Crippen LogP contribution in [0.2, 0.25) is 0 Å². The van der Waals surface area contributed by atoms with Crippen molar-refractivity contribution in [3.05, 3.63) is 0 Å². The lowest BCUT2D eigenvalue weighted by Gasteiger charge is -2.19. The highest BCUT2D eigenvalue weighted by molar-refractivity contribution is 5.81. The number of nitrogens with zero attached hydrogens (tertiary/aromatic N) is 1. The average Bonchev–Trinajstić information content (AvgIpc) is 3.03. The fourth-order valence-corrected chi connectivity index (χ4v) is 2.51. The SMILES string of the molecule is O=C([C@H](O)C1CC1)N1CCC2(CC2)C1. The van der Waals surface area contributed by atoms with Crippen LogP contribution in [0.25, 0.3) is 0 Å². The minimum Gasteiger partial charge on any atom is -0.383 e. The first-order valence-electron chi connectivity index (χ1n) is 5.67. The summed E-state index contributed by atoms with van der Waals surface area (Å²) in [5.74, 6) is 0.273. The van der Waals surface area contributed by atoms with Crippen LogP contribution < -0.4 is 0 Å². The number of aliphatic hydroxyl groups excluding tert-OH is 1. The molecule has 1 heterocycles. The molecule has 1 N–H and O–H groups in total. The van der Waals surface area contributed by atoms with E-state index in [1.807, 2.05) is 4.90 Å². The molecule has 0 bridgehead atoms. The second-order valence-electron chi connectivity index (χ2n) is 5.29. The molecular formula is C11H17NO2. The van der Waals surface area contributed by atoms with E-state index in [9.17, 15) is 9.90 Å². The lowest BCUT2D eigenvalue weighted by atomic mass is 10.1. The van der Waals surface area contributed by atoms with Crippen LogP contribution in [0.4, 0.5) is 0 Å². The molecule has 3 aliphatic rings. The molecule has 2 aliphatic carbocycles. The first-order valence-corrected chi connectivity index (χ1v) is 5.67. The molecule has 1 saturated heterocycles. The van der Waals surface area contributed by atoms with Crippen molar-refractivity contribution in [2.75, 3.05) is 13.1 Å². The van der Waals surface area contributed by atoms with Gasteiger partial charge in [-0.05, 0) is 43.4 Å². The van der Waals surface area contributed by atoms with Gasteiger partial charge in [0.2, 0.25) is 0 Å². The van der Waals surface area contributed by atoms with Gasteiger partial charge in [-0.3, -0.25) is 4.79 Å². The van der Waals surface area contributed by atoms with E-state index in [-0.39, 0.29) is 11.8 Å². The maximum Gasteiger partial charge on any atom is 0.251 e. The molecule has 78 valence electrons. The van der Waals surface area contributed by atoms with Crippen molar-refractivity contribution in [2.24, 2.45) is 11.3 Å². The summed E-state index contributed by atoms with van der Waals surface area (Å²) in [5.41, 5.74) is 0.485. The maximum atomic E-state index is 11.8. The molecule has 3 rings (SSSR count). The van der Waals surface area contributed by atoms with E-state index < -0.39 is 6.10 Å². The molecule has 0 aromatic rings. The summed E-state index contributed by atoms with van der Waals surface area (Å²) in [6, 6.07) is 0. The Kier molecular flexibility index (Phi) is 1.69. The third kappa shape index (κ3) is 1.34. The summed E-state index contributed by atoms with van der Waals surface area (Å²) in [4.78, 5) is 13.7. The van der Waals surface area contributed by atoms with E-state index in [4.69, 9.17) is 0 Å². The zero-order valence-electron chi connectivity index (χ0n) is 8.41. The fourth-order valence-electron chi connectivity index (χ4n) is 2.51. The van der Waals surface area contributed by atoms with Crippen LogP contribution in [-0.4, -0.2) is 35.1 Å². The largest absolute Gasteiger partial charge is 0.383 e. The molecule has 0 aromatic carbocycles. The van der Waals surface area contributed by atoms with Gasteiger partial charge in [-0.25, -0.2) is 0 Å². The Balaban J connectivity index is 1.62. The van der Waals surface area contributed by atoms with E-state index in [0.717, 1.165) is 32.4 Å². The standard InChI is InChI=1S/C11H17NO2/c13-9(8-1-2-8)10(14)12-6-5-11(7-12)3-4-11/h8-9,13H,1-7H2/t9-/m1/s1. The van der Waals surface area contributed by atoms with Gasteiger partial charge in [-0.2, -0.15) is 0 Å². The number of carbonyl (C=O) groups excluding carboxylic acids is 1. The molecule has 3 nitrogen and oxygen atoms in total. The number of amides is 1. The predicted octanol–water partition coefficient (Wildman–Crippen LogP) is 0.770. The fraction of sp³-hybridized carbons (Fsp3) is 0.909. The van der Waals surface area contributed by atoms with Gasteiger partial charge < -0.3 is 10.0 Å². The Morgan fingerprint density at radius 1 is 1.36 bits per heavy atom. The summed E-state index contributed by atoms with van der Waals surface area (Å²) in [6.45, 7) is 1.79. The number of hydrogen-bond donors (Lipinski definition) is 1. The van der Waals surface area contributed by atoms with Crippen molar-refractivity contribution in [2.45, 2.75) is 38.2 Å². The number of likely N-dealkylation sites (tertiary alicyclic amines) is 1. The number of aliphatic hydroxyl groups is 1. The minimum atomic E-state index is -0.691. The van der Waals surface area contributed by atoms with Crippen LogP contribution >= 0.6 is 0 Å². The summed E-state index contributed by atoms with van der Waals surface area (Å²) >= 11 is 0. The second-order valence-corrected chi connectivity index (χ2v) is 5.29. The third-order valence-corrected chi connectivity index (χ3v) is 4.03. The highest BCUT2D eigenvalue weighted by Crippen LogP contribution is 2.52. The van der Waals surface area contributed by atoms with Crippen molar-refractivity contribution in [3.8, 4) is 0 Å². The van der Waals surface area contributed by atoms with Crippen molar-refractivity contribution in [3.63, 3.8) is 0 Å². The van der Waals surface area contributed by atoms with Gasteiger partial charge >= 0.3 is 0 Å². The Hall–Kier alpha value is -0.570. The third-order valence-electron chi connectivity index (χ3n) is 4.03.